The number of aliphatic hydroxyl groups is 1. The van der Waals surface area contributed by atoms with Crippen LogP contribution in [0.1, 0.15) is 10.4 Å². The second-order valence-electron chi connectivity index (χ2n) is 3.76. The van der Waals surface area contributed by atoms with E-state index in [0.29, 0.717) is 18.7 Å². The van der Waals surface area contributed by atoms with E-state index in [1.165, 1.54) is 0 Å². The summed E-state index contributed by atoms with van der Waals surface area (Å²) in [6, 6.07) is 5.34. The van der Waals surface area contributed by atoms with Crippen molar-refractivity contribution >= 4 is 16.8 Å². The number of nitrogens with one attached hydrogen (secondary N) is 2. The van der Waals surface area contributed by atoms with Crippen LogP contribution in [-0.2, 0) is 4.74 Å². The lowest BCUT2D eigenvalue weighted by Gasteiger charge is -2.05. The molecule has 0 radical (unpaired) electrons. The summed E-state index contributed by atoms with van der Waals surface area (Å²) in [6.07, 6.45) is 1.68. The van der Waals surface area contributed by atoms with Gasteiger partial charge < -0.3 is 15.2 Å². The highest BCUT2D eigenvalue weighted by atomic mass is 16.5. The van der Waals surface area contributed by atoms with Gasteiger partial charge in [-0.2, -0.15) is 5.10 Å². The number of rotatable bonds is 6. The molecule has 2 rings (SSSR count). The minimum Gasteiger partial charge on any atom is -0.394 e. The fraction of sp³-hybridized carbons (Fsp3) is 0.333. The van der Waals surface area contributed by atoms with Crippen molar-refractivity contribution < 1.29 is 14.6 Å². The van der Waals surface area contributed by atoms with Gasteiger partial charge in [-0.05, 0) is 18.2 Å². The Hall–Kier alpha value is -1.92. The zero-order valence-corrected chi connectivity index (χ0v) is 9.85. The molecule has 18 heavy (non-hydrogen) atoms. The van der Waals surface area contributed by atoms with Crippen LogP contribution < -0.4 is 5.32 Å². The van der Waals surface area contributed by atoms with E-state index >= 15 is 0 Å². The molecule has 0 unspecified atom stereocenters. The highest BCUT2D eigenvalue weighted by molar-refractivity contribution is 5.97. The van der Waals surface area contributed by atoms with Gasteiger partial charge in [-0.3, -0.25) is 9.89 Å². The average Bonchev–Trinajstić information content (AvgIpc) is 2.85. The number of amides is 1. The van der Waals surface area contributed by atoms with Crippen molar-refractivity contribution in [1.29, 1.82) is 0 Å². The van der Waals surface area contributed by atoms with Crippen LogP contribution in [0, 0.1) is 0 Å². The zero-order chi connectivity index (χ0) is 12.8. The van der Waals surface area contributed by atoms with Gasteiger partial charge in [0.15, 0.2) is 0 Å². The highest BCUT2D eigenvalue weighted by Crippen LogP contribution is 2.12. The van der Waals surface area contributed by atoms with Crippen molar-refractivity contribution in [3.05, 3.63) is 30.0 Å². The molecule has 1 amide bonds. The van der Waals surface area contributed by atoms with Gasteiger partial charge >= 0.3 is 0 Å². The maximum atomic E-state index is 11.8. The molecule has 6 heteroatoms. The summed E-state index contributed by atoms with van der Waals surface area (Å²) in [7, 11) is 0. The van der Waals surface area contributed by atoms with E-state index in [9.17, 15) is 4.79 Å². The van der Waals surface area contributed by atoms with Crippen molar-refractivity contribution in [2.45, 2.75) is 0 Å². The zero-order valence-electron chi connectivity index (χ0n) is 9.85. The molecule has 2 aromatic rings. The van der Waals surface area contributed by atoms with E-state index in [4.69, 9.17) is 9.84 Å². The van der Waals surface area contributed by atoms with E-state index in [0.717, 1.165) is 10.9 Å². The number of carbonyl (C=O) groups is 1. The van der Waals surface area contributed by atoms with Gasteiger partial charge in [0.2, 0.25) is 0 Å². The number of aliphatic hydroxyl groups excluding tert-OH is 1. The summed E-state index contributed by atoms with van der Waals surface area (Å²) in [5.74, 6) is -0.148. The Balaban J connectivity index is 1.88. The van der Waals surface area contributed by atoms with Crippen LogP contribution in [0.15, 0.2) is 24.4 Å². The molecule has 0 aliphatic carbocycles. The van der Waals surface area contributed by atoms with Crippen molar-refractivity contribution in [2.24, 2.45) is 0 Å². The molecule has 0 spiro atoms. The van der Waals surface area contributed by atoms with E-state index in [2.05, 4.69) is 15.5 Å². The summed E-state index contributed by atoms with van der Waals surface area (Å²) < 4.78 is 5.05. The van der Waals surface area contributed by atoms with Gasteiger partial charge in [-0.25, -0.2) is 0 Å². The number of carbonyl (C=O) groups excluding carboxylic acids is 1. The first-order valence-electron chi connectivity index (χ1n) is 5.71. The molecule has 1 aromatic carbocycles. The normalized spacial score (nSPS) is 10.7. The predicted octanol–water partition coefficient (Wildman–Crippen LogP) is 0.302. The number of hydrogen-bond acceptors (Lipinski definition) is 4. The number of H-pyrrole nitrogens is 1. The van der Waals surface area contributed by atoms with Crippen LogP contribution in [0.2, 0.25) is 0 Å². The number of nitrogens with zero attached hydrogens (tertiary/aromatic N) is 1. The number of aromatic nitrogens is 2. The first kappa shape index (κ1) is 12.5. The van der Waals surface area contributed by atoms with Crippen LogP contribution >= 0.6 is 0 Å². The second kappa shape index (κ2) is 6.13. The predicted molar refractivity (Wildman–Crippen MR) is 66.3 cm³/mol. The first-order chi connectivity index (χ1) is 8.81. The Kier molecular flexibility index (Phi) is 4.27. The second-order valence-corrected chi connectivity index (χ2v) is 3.76. The molecule has 96 valence electrons. The topological polar surface area (TPSA) is 87.2 Å². The molecule has 0 bridgehead atoms. The van der Waals surface area contributed by atoms with E-state index in [1.54, 1.807) is 18.3 Å². The van der Waals surface area contributed by atoms with E-state index in [-0.39, 0.29) is 19.1 Å². The van der Waals surface area contributed by atoms with Gasteiger partial charge in [0.1, 0.15) is 0 Å². The molecule has 6 nitrogen and oxygen atoms in total. The molecule has 0 fully saturated rings. The Bertz CT molecular complexity index is 524. The van der Waals surface area contributed by atoms with E-state index in [1.807, 2.05) is 6.07 Å². The summed E-state index contributed by atoms with van der Waals surface area (Å²) in [5, 5.41) is 18.9. The maximum Gasteiger partial charge on any atom is 0.251 e. The molecule has 0 aliphatic rings. The van der Waals surface area contributed by atoms with Gasteiger partial charge in [0, 0.05) is 17.5 Å². The average molecular weight is 249 g/mol. The van der Waals surface area contributed by atoms with Crippen molar-refractivity contribution in [2.75, 3.05) is 26.4 Å². The summed E-state index contributed by atoms with van der Waals surface area (Å²) in [5.41, 5.74) is 1.49. The first-order valence-corrected chi connectivity index (χ1v) is 5.71. The van der Waals surface area contributed by atoms with E-state index < -0.39 is 0 Å². The lowest BCUT2D eigenvalue weighted by Crippen LogP contribution is -2.27. The molecular weight excluding hydrogens is 234 g/mol. The summed E-state index contributed by atoms with van der Waals surface area (Å²) in [6.45, 7) is 1.09. The molecule has 3 N–H and O–H groups in total. The fourth-order valence-corrected chi connectivity index (χ4v) is 1.59. The third-order valence-electron chi connectivity index (χ3n) is 2.47. The standard InChI is InChI=1S/C12H15N3O3/c16-4-6-18-5-3-13-12(17)9-1-2-11-10(7-9)8-14-15-11/h1-2,7-8,16H,3-6H2,(H,13,17)(H,14,15). The minimum atomic E-state index is -0.148. The Morgan fingerprint density at radius 2 is 2.33 bits per heavy atom. The number of ether oxygens (including phenoxy) is 1. The number of hydrogen-bond donors (Lipinski definition) is 3. The quantitative estimate of drug-likeness (QED) is 0.643. The van der Waals surface area contributed by atoms with Crippen LogP contribution in [0.5, 0.6) is 0 Å². The number of fused-ring (bicyclic) bond motifs is 1. The monoisotopic (exact) mass is 249 g/mol. The van der Waals surface area contributed by atoms with Crippen molar-refractivity contribution in [3.63, 3.8) is 0 Å². The lowest BCUT2D eigenvalue weighted by atomic mass is 10.1. The highest BCUT2D eigenvalue weighted by Gasteiger charge is 2.06. The molecule has 0 atom stereocenters. The lowest BCUT2D eigenvalue weighted by molar-refractivity contribution is 0.0838. The molecular formula is C12H15N3O3. The van der Waals surface area contributed by atoms with Crippen molar-refractivity contribution in [1.82, 2.24) is 15.5 Å². The smallest absolute Gasteiger partial charge is 0.251 e. The largest absolute Gasteiger partial charge is 0.394 e. The third-order valence-corrected chi connectivity index (χ3v) is 2.47. The molecule has 1 aromatic heterocycles. The Morgan fingerprint density at radius 1 is 1.44 bits per heavy atom. The SMILES string of the molecule is O=C(NCCOCCO)c1ccc2[nH]ncc2c1. The molecule has 0 aliphatic heterocycles. The van der Waals surface area contributed by atoms with Crippen LogP contribution in [0.4, 0.5) is 0 Å². The van der Waals surface area contributed by atoms with Crippen LogP contribution in [0.25, 0.3) is 10.9 Å². The molecule has 1 heterocycles. The maximum absolute atomic E-state index is 11.8. The molecule has 0 saturated heterocycles. The minimum absolute atomic E-state index is 0.00883. The van der Waals surface area contributed by atoms with Crippen LogP contribution in [0.3, 0.4) is 0 Å². The Labute approximate surface area is 104 Å². The summed E-state index contributed by atoms with van der Waals surface area (Å²) >= 11 is 0. The van der Waals surface area contributed by atoms with Gasteiger partial charge in [0.05, 0.1) is 31.5 Å². The summed E-state index contributed by atoms with van der Waals surface area (Å²) in [4.78, 5) is 11.8. The Morgan fingerprint density at radius 3 is 3.17 bits per heavy atom. The molecule has 0 saturated carbocycles. The number of aromatic amines is 1. The van der Waals surface area contributed by atoms with Crippen LogP contribution in [-0.4, -0.2) is 47.6 Å². The van der Waals surface area contributed by atoms with Crippen molar-refractivity contribution in [3.8, 4) is 0 Å². The van der Waals surface area contributed by atoms with Gasteiger partial charge in [-0.15, -0.1) is 0 Å². The number of benzene rings is 1. The van der Waals surface area contributed by atoms with Gasteiger partial charge in [0.25, 0.3) is 5.91 Å². The van der Waals surface area contributed by atoms with Gasteiger partial charge in [-0.1, -0.05) is 0 Å². The third kappa shape index (κ3) is 3.06. The fourth-order valence-electron chi connectivity index (χ4n) is 1.59.